The van der Waals surface area contributed by atoms with Crippen molar-refractivity contribution in [1.82, 2.24) is 4.31 Å². The normalized spacial score (nSPS) is 24.1. The van der Waals surface area contributed by atoms with Crippen LogP contribution in [0.2, 0.25) is 0 Å². The average molecular weight is 294 g/mol. The molecule has 108 valence electrons. The minimum Gasteiger partial charge on any atom is -0.211 e. The SMILES string of the molecule is Cc1ccc(S(=O)(=O)N2CCC(N=C=O)CC2C)cc1. The van der Waals surface area contributed by atoms with E-state index >= 15 is 0 Å². The van der Waals surface area contributed by atoms with Crippen LogP contribution in [0, 0.1) is 6.92 Å². The Kier molecular flexibility index (Phi) is 4.38. The molecule has 0 bridgehead atoms. The molecule has 1 saturated heterocycles. The fraction of sp³-hybridized carbons (Fsp3) is 0.500. The van der Waals surface area contributed by atoms with E-state index in [4.69, 9.17) is 0 Å². The highest BCUT2D eigenvalue weighted by Crippen LogP contribution is 2.26. The number of piperidine rings is 1. The Bertz CT molecular complexity index is 618. The molecule has 1 aliphatic rings. The molecule has 1 aromatic carbocycles. The van der Waals surface area contributed by atoms with Crippen LogP contribution in [-0.2, 0) is 14.8 Å². The number of aliphatic imine (C=N–C) groups is 1. The summed E-state index contributed by atoms with van der Waals surface area (Å²) in [4.78, 5) is 14.3. The van der Waals surface area contributed by atoms with E-state index in [0.29, 0.717) is 24.3 Å². The predicted molar refractivity (Wildman–Crippen MR) is 75.7 cm³/mol. The van der Waals surface area contributed by atoms with E-state index in [2.05, 4.69) is 4.99 Å². The quantitative estimate of drug-likeness (QED) is 0.631. The highest BCUT2D eigenvalue weighted by Gasteiger charge is 2.34. The van der Waals surface area contributed by atoms with E-state index in [1.54, 1.807) is 30.3 Å². The van der Waals surface area contributed by atoms with Gasteiger partial charge in [0.15, 0.2) is 0 Å². The van der Waals surface area contributed by atoms with Gasteiger partial charge in [0.05, 0.1) is 10.9 Å². The number of aryl methyl sites for hydroxylation is 1. The number of isocyanates is 1. The lowest BCUT2D eigenvalue weighted by Crippen LogP contribution is -2.45. The summed E-state index contributed by atoms with van der Waals surface area (Å²) in [6.07, 6.45) is 2.67. The molecule has 0 spiro atoms. The summed E-state index contributed by atoms with van der Waals surface area (Å²) in [5.74, 6) is 0. The Hall–Kier alpha value is -1.49. The summed E-state index contributed by atoms with van der Waals surface area (Å²) < 4.78 is 26.7. The lowest BCUT2D eigenvalue weighted by Gasteiger charge is -2.34. The number of sulfonamides is 1. The van der Waals surface area contributed by atoms with E-state index in [1.165, 1.54) is 4.31 Å². The largest absolute Gasteiger partial charge is 0.243 e. The first-order chi connectivity index (χ1) is 9.45. The fourth-order valence-corrected chi connectivity index (χ4v) is 4.18. The summed E-state index contributed by atoms with van der Waals surface area (Å²) in [7, 11) is -3.47. The topological polar surface area (TPSA) is 66.8 Å². The van der Waals surface area contributed by atoms with Gasteiger partial charge in [0.2, 0.25) is 16.1 Å². The summed E-state index contributed by atoms with van der Waals surface area (Å²) in [5, 5.41) is 0. The molecule has 0 saturated carbocycles. The molecule has 0 amide bonds. The van der Waals surface area contributed by atoms with Crippen molar-refractivity contribution in [2.75, 3.05) is 6.54 Å². The van der Waals surface area contributed by atoms with E-state index in [9.17, 15) is 13.2 Å². The van der Waals surface area contributed by atoms with Crippen LogP contribution < -0.4 is 0 Å². The molecule has 2 unspecified atom stereocenters. The first-order valence-electron chi connectivity index (χ1n) is 6.60. The zero-order valence-corrected chi connectivity index (χ0v) is 12.4. The van der Waals surface area contributed by atoms with Gasteiger partial charge in [-0.15, -0.1) is 0 Å². The van der Waals surface area contributed by atoms with Crippen LogP contribution in [0.15, 0.2) is 34.2 Å². The fourth-order valence-electron chi connectivity index (χ4n) is 2.52. The zero-order chi connectivity index (χ0) is 14.8. The van der Waals surface area contributed by atoms with Crippen molar-refractivity contribution in [3.63, 3.8) is 0 Å². The second-order valence-corrected chi connectivity index (χ2v) is 7.07. The first-order valence-corrected chi connectivity index (χ1v) is 8.04. The molecule has 20 heavy (non-hydrogen) atoms. The van der Waals surface area contributed by atoms with Crippen molar-refractivity contribution >= 4 is 16.1 Å². The molecule has 0 radical (unpaired) electrons. The van der Waals surface area contributed by atoms with Crippen LogP contribution >= 0.6 is 0 Å². The van der Waals surface area contributed by atoms with Crippen molar-refractivity contribution in [2.45, 2.75) is 43.7 Å². The maximum Gasteiger partial charge on any atom is 0.243 e. The van der Waals surface area contributed by atoms with Crippen molar-refractivity contribution < 1.29 is 13.2 Å². The Morgan fingerprint density at radius 2 is 1.95 bits per heavy atom. The van der Waals surface area contributed by atoms with Crippen molar-refractivity contribution in [1.29, 1.82) is 0 Å². The molecule has 6 heteroatoms. The van der Waals surface area contributed by atoms with Crippen LogP contribution in [0.1, 0.15) is 25.3 Å². The van der Waals surface area contributed by atoms with Crippen molar-refractivity contribution in [3.05, 3.63) is 29.8 Å². The monoisotopic (exact) mass is 294 g/mol. The first kappa shape index (κ1) is 14.9. The van der Waals surface area contributed by atoms with Crippen molar-refractivity contribution in [3.8, 4) is 0 Å². The van der Waals surface area contributed by atoms with Crippen LogP contribution in [0.5, 0.6) is 0 Å². The molecule has 0 N–H and O–H groups in total. The summed E-state index contributed by atoms with van der Waals surface area (Å²) >= 11 is 0. The number of carbonyl (C=O) groups excluding carboxylic acids is 1. The lowest BCUT2D eigenvalue weighted by molar-refractivity contribution is 0.248. The van der Waals surface area contributed by atoms with E-state index < -0.39 is 10.0 Å². The molecule has 2 rings (SSSR count). The standard InChI is InChI=1S/C14H18N2O3S/c1-11-3-5-14(6-4-11)20(18,19)16-8-7-13(15-10-17)9-12(16)2/h3-6,12-13H,7-9H2,1-2H3. The molecule has 1 fully saturated rings. The van der Waals surface area contributed by atoms with Gasteiger partial charge in [0.1, 0.15) is 0 Å². The van der Waals surface area contributed by atoms with Gasteiger partial charge in [-0.1, -0.05) is 17.7 Å². The van der Waals surface area contributed by atoms with Crippen molar-refractivity contribution in [2.24, 2.45) is 4.99 Å². The van der Waals surface area contributed by atoms with Gasteiger partial charge in [-0.25, -0.2) is 18.2 Å². The summed E-state index contributed by atoms with van der Waals surface area (Å²) in [6, 6.07) is 6.56. The molecule has 2 atom stereocenters. The molecule has 1 aromatic rings. The Morgan fingerprint density at radius 1 is 1.30 bits per heavy atom. The molecule has 1 aliphatic heterocycles. The minimum absolute atomic E-state index is 0.119. The molecular weight excluding hydrogens is 276 g/mol. The second kappa shape index (κ2) is 5.87. The van der Waals surface area contributed by atoms with Crippen LogP contribution in [0.4, 0.5) is 0 Å². The highest BCUT2D eigenvalue weighted by atomic mass is 32.2. The Morgan fingerprint density at radius 3 is 2.50 bits per heavy atom. The molecule has 1 heterocycles. The number of nitrogens with zero attached hydrogens (tertiary/aromatic N) is 2. The Labute approximate surface area is 119 Å². The van der Waals surface area contributed by atoms with Crippen LogP contribution in [0.25, 0.3) is 0 Å². The number of benzene rings is 1. The van der Waals surface area contributed by atoms with Gasteiger partial charge in [0, 0.05) is 12.6 Å². The smallest absolute Gasteiger partial charge is 0.211 e. The van der Waals surface area contributed by atoms with Gasteiger partial charge in [0.25, 0.3) is 0 Å². The van der Waals surface area contributed by atoms with Crippen LogP contribution in [0.3, 0.4) is 0 Å². The van der Waals surface area contributed by atoms with Gasteiger partial charge in [-0.05, 0) is 38.8 Å². The van der Waals surface area contributed by atoms with E-state index in [-0.39, 0.29) is 12.1 Å². The average Bonchev–Trinajstić information content (AvgIpc) is 2.39. The second-order valence-electron chi connectivity index (χ2n) is 5.18. The number of hydrogen-bond acceptors (Lipinski definition) is 4. The molecular formula is C14H18N2O3S. The molecule has 0 aromatic heterocycles. The van der Waals surface area contributed by atoms with Gasteiger partial charge in [-0.3, -0.25) is 0 Å². The van der Waals surface area contributed by atoms with Gasteiger partial charge in [-0.2, -0.15) is 4.31 Å². The summed E-state index contributed by atoms with van der Waals surface area (Å²) in [5.41, 5.74) is 1.02. The Balaban J connectivity index is 2.22. The maximum absolute atomic E-state index is 12.6. The van der Waals surface area contributed by atoms with E-state index in [1.807, 2.05) is 13.8 Å². The van der Waals surface area contributed by atoms with Gasteiger partial charge < -0.3 is 0 Å². The minimum atomic E-state index is -3.47. The lowest BCUT2D eigenvalue weighted by atomic mass is 10.0. The highest BCUT2D eigenvalue weighted by molar-refractivity contribution is 7.89. The zero-order valence-electron chi connectivity index (χ0n) is 11.6. The number of rotatable bonds is 3. The maximum atomic E-state index is 12.6. The summed E-state index contributed by atoms with van der Waals surface area (Å²) in [6.45, 7) is 4.15. The predicted octanol–water partition coefficient (Wildman–Crippen LogP) is 1.87. The molecule has 0 aliphatic carbocycles. The van der Waals surface area contributed by atoms with Crippen LogP contribution in [-0.4, -0.2) is 37.4 Å². The third-order valence-electron chi connectivity index (χ3n) is 3.65. The van der Waals surface area contributed by atoms with Gasteiger partial charge >= 0.3 is 0 Å². The third kappa shape index (κ3) is 2.98. The van der Waals surface area contributed by atoms with E-state index in [0.717, 1.165) is 5.56 Å². The number of hydrogen-bond donors (Lipinski definition) is 0. The third-order valence-corrected chi connectivity index (χ3v) is 5.68. The molecule has 5 nitrogen and oxygen atoms in total.